The van der Waals surface area contributed by atoms with E-state index in [0.717, 1.165) is 56.8 Å². The predicted octanol–water partition coefficient (Wildman–Crippen LogP) is 14.0. The summed E-state index contributed by atoms with van der Waals surface area (Å²) >= 11 is 0. The second kappa shape index (κ2) is 15.0. The Morgan fingerprint density at radius 3 is 2.05 bits per heavy atom. The van der Waals surface area contributed by atoms with Gasteiger partial charge in [-0.05, 0) is 126 Å². The van der Waals surface area contributed by atoms with Crippen LogP contribution in [-0.4, -0.2) is 9.55 Å². The number of rotatable bonds is 7. The van der Waals surface area contributed by atoms with Crippen LogP contribution in [0.5, 0.6) is 11.5 Å². The van der Waals surface area contributed by atoms with Crippen molar-refractivity contribution in [2.45, 2.75) is 63.7 Å². The fourth-order valence-electron chi connectivity index (χ4n) is 12.1. The van der Waals surface area contributed by atoms with Crippen LogP contribution in [0.1, 0.15) is 69.6 Å². The summed E-state index contributed by atoms with van der Waals surface area (Å²) in [5.74, 6) is 5.23. The first-order valence-corrected chi connectivity index (χ1v) is 22.1. The van der Waals surface area contributed by atoms with Gasteiger partial charge in [0, 0.05) is 66.8 Å². The Morgan fingerprint density at radius 2 is 1.31 bits per heavy atom. The molecular formula is C56H49N4OPt-3. The first kappa shape index (κ1) is 39.2. The first-order chi connectivity index (χ1) is 29.8. The Kier molecular flexibility index (Phi) is 9.50. The fraction of sp³-hybridized carbons (Fsp3) is 0.250. The minimum atomic E-state index is -0.00876. The molecule has 5 nitrogen and oxygen atoms in total. The van der Waals surface area contributed by atoms with E-state index in [2.05, 4.69) is 188 Å². The molecule has 0 N–H and O–H groups in total. The third-order valence-corrected chi connectivity index (χ3v) is 14.6. The van der Waals surface area contributed by atoms with Crippen LogP contribution >= 0.6 is 0 Å². The Labute approximate surface area is 379 Å². The van der Waals surface area contributed by atoms with Crippen molar-refractivity contribution in [3.8, 4) is 17.3 Å². The zero-order valence-electron chi connectivity index (χ0n) is 35.4. The van der Waals surface area contributed by atoms with Gasteiger partial charge < -0.3 is 19.1 Å². The number of benzene rings is 6. The number of anilines is 4. The minimum Gasteiger partial charge on any atom is -0.509 e. The maximum Gasteiger partial charge on any atom is 0.135 e. The van der Waals surface area contributed by atoms with Gasteiger partial charge in [-0.2, -0.15) is 12.1 Å². The van der Waals surface area contributed by atoms with Crippen molar-refractivity contribution >= 4 is 44.6 Å². The molecule has 4 bridgehead atoms. The summed E-state index contributed by atoms with van der Waals surface area (Å²) < 4.78 is 8.98. The van der Waals surface area contributed by atoms with Crippen LogP contribution in [0, 0.1) is 42.5 Å². The Hall–Kier alpha value is -5.64. The van der Waals surface area contributed by atoms with Gasteiger partial charge in [0.05, 0.1) is 0 Å². The van der Waals surface area contributed by atoms with Gasteiger partial charge in [0.1, 0.15) is 5.82 Å². The zero-order valence-corrected chi connectivity index (χ0v) is 37.6. The molecule has 1 aliphatic heterocycles. The number of hydrogen-bond acceptors (Lipinski definition) is 4. The first-order valence-electron chi connectivity index (χ1n) is 22.1. The van der Waals surface area contributed by atoms with Crippen molar-refractivity contribution in [3.63, 3.8) is 0 Å². The summed E-state index contributed by atoms with van der Waals surface area (Å²) in [5.41, 5.74) is 10.6. The fourth-order valence-corrected chi connectivity index (χ4v) is 12.1. The van der Waals surface area contributed by atoms with Gasteiger partial charge in [0.25, 0.3) is 0 Å². The van der Waals surface area contributed by atoms with Crippen molar-refractivity contribution in [3.05, 3.63) is 187 Å². The van der Waals surface area contributed by atoms with Crippen LogP contribution in [0.4, 0.5) is 22.7 Å². The molecule has 0 radical (unpaired) electrons. The molecule has 5 aliphatic rings. The molecule has 0 saturated heterocycles. The van der Waals surface area contributed by atoms with E-state index in [1.54, 1.807) is 0 Å². The Bertz CT molecular complexity index is 2920. The summed E-state index contributed by atoms with van der Waals surface area (Å²) in [6, 6.07) is 59.8. The molecule has 0 atom stereocenters. The zero-order chi connectivity index (χ0) is 40.9. The van der Waals surface area contributed by atoms with Crippen LogP contribution in [0.3, 0.4) is 0 Å². The molecule has 0 amide bonds. The smallest absolute Gasteiger partial charge is 0.135 e. The second-order valence-corrected chi connectivity index (χ2v) is 19.0. The molecule has 4 saturated carbocycles. The number of nitrogens with zero attached hydrogens (tertiary/aromatic N) is 4. The van der Waals surface area contributed by atoms with E-state index in [-0.39, 0.29) is 31.9 Å². The van der Waals surface area contributed by atoms with Crippen molar-refractivity contribution < 1.29 is 25.8 Å². The molecule has 3 heterocycles. The van der Waals surface area contributed by atoms with E-state index in [4.69, 9.17) is 9.72 Å². The normalized spacial score (nSPS) is 22.6. The average Bonchev–Trinajstić information content (AvgIpc) is 3.83. The average molecular weight is 989 g/mol. The molecule has 6 heteroatoms. The molecule has 0 spiro atoms. The van der Waals surface area contributed by atoms with Crippen LogP contribution in [0.15, 0.2) is 152 Å². The minimum absolute atomic E-state index is 0. The number of hydrogen-bond donors (Lipinski definition) is 0. The van der Waals surface area contributed by atoms with E-state index in [9.17, 15) is 0 Å². The third kappa shape index (κ3) is 6.25. The van der Waals surface area contributed by atoms with E-state index in [0.29, 0.717) is 23.3 Å². The summed E-state index contributed by atoms with van der Waals surface area (Å²) in [6.45, 7) is 8.90. The van der Waals surface area contributed by atoms with Crippen LogP contribution in [0.2, 0.25) is 0 Å². The van der Waals surface area contributed by atoms with E-state index < -0.39 is 0 Å². The molecule has 2 aromatic heterocycles. The monoisotopic (exact) mass is 988 g/mol. The van der Waals surface area contributed by atoms with E-state index in [1.165, 1.54) is 54.2 Å². The molecule has 4 aliphatic carbocycles. The van der Waals surface area contributed by atoms with Crippen LogP contribution < -0.4 is 14.5 Å². The molecule has 13 rings (SSSR count). The number of pyridine rings is 1. The van der Waals surface area contributed by atoms with Crippen molar-refractivity contribution in [2.24, 2.45) is 23.7 Å². The summed E-state index contributed by atoms with van der Waals surface area (Å²) in [7, 11) is 0. The largest absolute Gasteiger partial charge is 0.509 e. The van der Waals surface area contributed by atoms with Gasteiger partial charge >= 0.3 is 0 Å². The van der Waals surface area contributed by atoms with E-state index in [1.807, 2.05) is 18.2 Å². The molecule has 312 valence electrons. The molecule has 6 aromatic carbocycles. The quantitative estimate of drug-likeness (QED) is 0.149. The summed E-state index contributed by atoms with van der Waals surface area (Å²) in [5, 5.41) is 2.30. The van der Waals surface area contributed by atoms with Gasteiger partial charge in [-0.25, -0.2) is 4.98 Å². The Balaban J connectivity index is 0.00000432. The molecular weight excluding hydrogens is 940 g/mol. The third-order valence-electron chi connectivity index (χ3n) is 14.6. The van der Waals surface area contributed by atoms with Crippen LogP contribution in [-0.2, 0) is 31.9 Å². The van der Waals surface area contributed by atoms with Gasteiger partial charge in [0.15, 0.2) is 0 Å². The standard InChI is InChI=1S/C56H49N4O.Pt/c1-55(2,3)39-20-22-44(23-21-39)58-36-59(52-19-10-9-18-51(52)58)45-14-11-15-46(34-45)61-47-24-25-49-48-16-7-8-17-50(48)60(53(49)35-47)54-33-41(26-27-57-54)56(40-12-5-4-6-13-40)42-29-37-28-38(31-42)32-43(56)30-37;/h4-27,33,36-38,42-43H,28-32H2,1-3H3;/q-3;. The predicted molar refractivity (Wildman–Crippen MR) is 247 cm³/mol. The molecule has 8 aromatic rings. The van der Waals surface area contributed by atoms with Crippen molar-refractivity contribution in [1.29, 1.82) is 0 Å². The number of fused-ring (bicyclic) bond motifs is 4. The number of para-hydroxylation sites is 3. The maximum absolute atomic E-state index is 6.68. The second-order valence-electron chi connectivity index (χ2n) is 19.0. The summed E-state index contributed by atoms with van der Waals surface area (Å²) in [4.78, 5) is 9.57. The summed E-state index contributed by atoms with van der Waals surface area (Å²) in [6.07, 6.45) is 8.79. The van der Waals surface area contributed by atoms with Gasteiger partial charge in [-0.1, -0.05) is 99.1 Å². The Morgan fingerprint density at radius 1 is 0.629 bits per heavy atom. The molecule has 0 unspecified atom stereocenters. The SMILES string of the molecule is CC(C)(C)c1ccc(N2[CH-]N(c3[c-]c(Oc4[c-]c5c(cc4)c4ccccc4n5-c4cc(C5(c6ccccc6)C6CC7CC(C6)CC5C7)ccn4)ccc3)c3ccccc32)cc1.[Pt]. The molecule has 62 heavy (non-hydrogen) atoms. The molecule has 4 fully saturated rings. The van der Waals surface area contributed by atoms with Crippen molar-refractivity contribution in [2.75, 3.05) is 9.80 Å². The topological polar surface area (TPSA) is 33.5 Å². The van der Waals surface area contributed by atoms with E-state index >= 15 is 0 Å². The number of ether oxygens (including phenoxy) is 1. The van der Waals surface area contributed by atoms with Gasteiger partial charge in [-0.15, -0.1) is 48.1 Å². The van der Waals surface area contributed by atoms with Crippen LogP contribution in [0.25, 0.3) is 27.6 Å². The van der Waals surface area contributed by atoms with Gasteiger partial charge in [-0.3, -0.25) is 0 Å². The van der Waals surface area contributed by atoms with Crippen molar-refractivity contribution in [1.82, 2.24) is 9.55 Å². The maximum atomic E-state index is 6.68. The number of aromatic nitrogens is 2. The van der Waals surface area contributed by atoms with Gasteiger partial charge in [0.2, 0.25) is 0 Å².